The summed E-state index contributed by atoms with van der Waals surface area (Å²) in [4.78, 5) is 0. The molecule has 0 aromatic heterocycles. The Kier molecular flexibility index (Phi) is 27.4. The van der Waals surface area contributed by atoms with Gasteiger partial charge >= 0.3 is 0 Å². The van der Waals surface area contributed by atoms with Gasteiger partial charge in [0.15, 0.2) is 11.5 Å². The molecule has 5 aliphatic rings. The zero-order chi connectivity index (χ0) is 59.7. The van der Waals surface area contributed by atoms with E-state index in [-0.39, 0.29) is 56.6 Å². The number of aromatic hydroxyl groups is 1. The van der Waals surface area contributed by atoms with Crippen LogP contribution in [0.1, 0.15) is 353 Å². The molecule has 9 rings (SSSR count). The normalized spacial score (nSPS) is 17.7. The predicted octanol–water partition coefficient (Wildman–Crippen LogP) is 23.6. The van der Waals surface area contributed by atoms with Crippen molar-refractivity contribution in [3.8, 4) is 51.7 Å². The van der Waals surface area contributed by atoms with Crippen molar-refractivity contribution >= 4 is 15.9 Å². The molecule has 0 spiro atoms. The van der Waals surface area contributed by atoms with Crippen molar-refractivity contribution in [3.05, 3.63) is 85.4 Å². The van der Waals surface area contributed by atoms with E-state index in [1.54, 1.807) is 0 Å². The lowest BCUT2D eigenvalue weighted by molar-refractivity contribution is 0.0939. The molecule has 4 heterocycles. The van der Waals surface area contributed by atoms with E-state index >= 15 is 0 Å². The molecule has 0 amide bonds. The average Bonchev–Trinajstić information content (AvgIpc) is 1.15. The van der Waals surface area contributed by atoms with Crippen molar-refractivity contribution < 1.29 is 43.0 Å². The van der Waals surface area contributed by atoms with Gasteiger partial charge < -0.3 is 43.0 Å². The molecule has 0 radical (unpaired) electrons. The summed E-state index contributed by atoms with van der Waals surface area (Å²) in [5.74, 6) is 5.14. The molecule has 4 aromatic carbocycles. The fourth-order valence-corrected chi connectivity index (χ4v) is 15.6. The lowest BCUT2D eigenvalue weighted by Crippen LogP contribution is -2.23. The summed E-state index contributed by atoms with van der Waals surface area (Å²) < 4.78 is 55.2. The van der Waals surface area contributed by atoms with Crippen LogP contribution in [0.5, 0.6) is 51.7 Å². The zero-order valence-electron chi connectivity index (χ0n) is 54.0. The largest absolute Gasteiger partial charge is 0.502 e. The van der Waals surface area contributed by atoms with E-state index < -0.39 is 0 Å². The molecular weight excluding hydrogens is 1140 g/mol. The van der Waals surface area contributed by atoms with Gasteiger partial charge in [-0.25, -0.2) is 0 Å². The van der Waals surface area contributed by atoms with Crippen molar-refractivity contribution in [2.45, 2.75) is 308 Å². The molecule has 9 nitrogen and oxygen atoms in total. The summed E-state index contributed by atoms with van der Waals surface area (Å²) in [6, 6.07) is 14.1. The van der Waals surface area contributed by atoms with Gasteiger partial charge in [0.2, 0.25) is 32.9 Å². The van der Waals surface area contributed by atoms with E-state index in [9.17, 15) is 5.11 Å². The Morgan fingerprint density at radius 2 is 0.488 bits per heavy atom. The number of hydrogen-bond acceptors (Lipinski definition) is 9. The Morgan fingerprint density at radius 3 is 0.791 bits per heavy atom. The molecule has 1 N–H and O–H groups in total. The van der Waals surface area contributed by atoms with Crippen LogP contribution in [-0.4, -0.2) is 32.3 Å². The number of halogens is 1. The molecule has 0 saturated carbocycles. The quantitative estimate of drug-likeness (QED) is 0.0437. The maximum atomic E-state index is 13.0. The summed E-state index contributed by atoms with van der Waals surface area (Å²) in [6.45, 7) is 9.07. The minimum absolute atomic E-state index is 0.0236. The number of unbranched alkanes of at least 4 members (excludes halogenated alkanes) is 32. The summed E-state index contributed by atoms with van der Waals surface area (Å²) in [6.07, 6.45) is 48.5. The van der Waals surface area contributed by atoms with Crippen molar-refractivity contribution in [2.24, 2.45) is 0 Å². The molecule has 4 aromatic rings. The fraction of sp³-hybridized carbons (Fsp3) is 0.684. The summed E-state index contributed by atoms with van der Waals surface area (Å²) >= 11 is 4.21. The standard InChI is InChI=1S/C76H111BrO9/c1-5-9-13-17-21-25-29-33-37-41-55-59-45-61-56(42-38-34-30-26-22-18-14-10-6-2)63-47-64-58(44-40-36-32-28-24-20-16-12-8-4)66-48-65-57(43-39-35-31-27-23-19-15-11-7-3)62-46-60(55)68-50-70(62)82-53-85-75(65)72(78)76(66)86-54-84-74(64)71(77)73(63)83-52-81-69(61)49-67(59)79-51-80-68/h45-50,55-58,78H,5-44,51-54H2,1-4H3. The lowest BCUT2D eigenvalue weighted by atomic mass is 9.76. The molecule has 0 saturated heterocycles. The van der Waals surface area contributed by atoms with Gasteiger partial charge in [-0.3, -0.25) is 0 Å². The Morgan fingerprint density at radius 1 is 0.279 bits per heavy atom. The van der Waals surface area contributed by atoms with Crippen LogP contribution in [-0.2, 0) is 0 Å². The van der Waals surface area contributed by atoms with Crippen LogP contribution in [0, 0.1) is 0 Å². The fourth-order valence-electron chi connectivity index (χ4n) is 14.9. The van der Waals surface area contributed by atoms with E-state index in [1.807, 2.05) is 0 Å². The van der Waals surface area contributed by atoms with Gasteiger partial charge in [0.25, 0.3) is 0 Å². The number of rotatable bonds is 40. The molecule has 476 valence electrons. The second-order valence-electron chi connectivity index (χ2n) is 26.2. The van der Waals surface area contributed by atoms with Crippen LogP contribution in [0.3, 0.4) is 0 Å². The molecule has 0 fully saturated rings. The first-order chi connectivity index (χ1) is 42.4. The molecule has 4 unspecified atom stereocenters. The van der Waals surface area contributed by atoms with E-state index in [4.69, 9.17) is 37.9 Å². The Balaban J connectivity index is 1.20. The van der Waals surface area contributed by atoms with E-state index in [0.717, 1.165) is 137 Å². The van der Waals surface area contributed by atoms with Crippen molar-refractivity contribution in [2.75, 3.05) is 27.2 Å². The highest BCUT2D eigenvalue weighted by atomic mass is 79.9. The Labute approximate surface area is 528 Å². The van der Waals surface area contributed by atoms with Crippen LogP contribution in [0.2, 0.25) is 0 Å². The smallest absolute Gasteiger partial charge is 0.231 e. The maximum absolute atomic E-state index is 13.0. The molecule has 1 aliphatic carbocycles. The third-order valence-electron chi connectivity index (χ3n) is 19.8. The number of phenols is 1. The van der Waals surface area contributed by atoms with E-state index in [1.165, 1.54) is 203 Å². The molecule has 4 atom stereocenters. The minimum Gasteiger partial charge on any atom is -0.502 e. The second-order valence-corrected chi connectivity index (χ2v) is 27.0. The first-order valence-corrected chi connectivity index (χ1v) is 36.4. The molecule has 10 heteroatoms. The predicted molar refractivity (Wildman–Crippen MR) is 354 cm³/mol. The van der Waals surface area contributed by atoms with Crippen LogP contribution < -0.4 is 37.9 Å². The first-order valence-electron chi connectivity index (χ1n) is 35.6. The Hall–Kier alpha value is -4.44. The third kappa shape index (κ3) is 17.5. The maximum Gasteiger partial charge on any atom is 0.231 e. The molecular formula is C76H111BrO9. The van der Waals surface area contributed by atoms with Crippen LogP contribution in [0.4, 0.5) is 0 Å². The molecule has 4 aliphatic heterocycles. The van der Waals surface area contributed by atoms with Gasteiger partial charge in [0.05, 0.1) is 0 Å². The highest BCUT2D eigenvalue weighted by Crippen LogP contribution is 2.59. The SMILES string of the molecule is CCCCCCCCCCCC1c2cc3c4cc2OCOc2cc5c(cc21)C(CCCCCCCCCCC)c1cc2c(c(Br)c1OCO5)OCOc1c(cc(c(c1O)OCO4)C3CCCCCCCCCCC)C2CCCCCCCCCCC. The monoisotopic (exact) mass is 1250 g/mol. The van der Waals surface area contributed by atoms with Crippen LogP contribution >= 0.6 is 15.9 Å². The van der Waals surface area contributed by atoms with Crippen LogP contribution in [0.15, 0.2) is 40.9 Å². The van der Waals surface area contributed by atoms with Crippen molar-refractivity contribution in [3.63, 3.8) is 0 Å². The van der Waals surface area contributed by atoms with Gasteiger partial charge in [0, 0.05) is 80.3 Å². The Bertz CT molecular complexity index is 2530. The summed E-state index contributed by atoms with van der Waals surface area (Å²) in [5, 5.41) is 13.0. The highest BCUT2D eigenvalue weighted by Gasteiger charge is 2.39. The summed E-state index contributed by atoms with van der Waals surface area (Å²) in [5.41, 5.74) is 8.89. The van der Waals surface area contributed by atoms with Crippen LogP contribution in [0.25, 0.3) is 0 Å². The number of ether oxygens (including phenoxy) is 8. The number of benzene rings is 4. The van der Waals surface area contributed by atoms with E-state index in [0.29, 0.717) is 11.5 Å². The average molecular weight is 1250 g/mol. The number of hydrogen-bond donors (Lipinski definition) is 1. The number of phenolic OH excluding ortho intramolecular Hbond substituents is 1. The van der Waals surface area contributed by atoms with Crippen molar-refractivity contribution in [1.29, 1.82) is 0 Å². The van der Waals surface area contributed by atoms with Crippen molar-refractivity contribution in [1.82, 2.24) is 0 Å². The van der Waals surface area contributed by atoms with E-state index in [2.05, 4.69) is 80.0 Å². The highest BCUT2D eigenvalue weighted by molar-refractivity contribution is 9.10. The van der Waals surface area contributed by atoms with Gasteiger partial charge in [-0.05, 0) is 65.9 Å². The topological polar surface area (TPSA) is 94.1 Å². The third-order valence-corrected chi connectivity index (χ3v) is 20.6. The first kappa shape index (κ1) is 66.0. The van der Waals surface area contributed by atoms with Gasteiger partial charge in [-0.15, -0.1) is 0 Å². The zero-order valence-corrected chi connectivity index (χ0v) is 55.6. The van der Waals surface area contributed by atoms with Gasteiger partial charge in [0.1, 0.15) is 39.0 Å². The molecule has 86 heavy (non-hydrogen) atoms. The minimum atomic E-state index is -0.177. The second kappa shape index (κ2) is 35.7. The van der Waals surface area contributed by atoms with Gasteiger partial charge in [-0.2, -0.15) is 0 Å². The molecule has 8 bridgehead atoms. The lowest BCUT2D eigenvalue weighted by Gasteiger charge is -2.35. The summed E-state index contributed by atoms with van der Waals surface area (Å²) in [7, 11) is 0. The van der Waals surface area contributed by atoms with Gasteiger partial charge in [-0.1, -0.05) is 259 Å².